The minimum absolute atomic E-state index is 0.0707. The van der Waals surface area contributed by atoms with E-state index in [1.54, 1.807) is 18.2 Å². The van der Waals surface area contributed by atoms with E-state index < -0.39 is 0 Å². The maximum Gasteiger partial charge on any atom is 0.251 e. The van der Waals surface area contributed by atoms with Gasteiger partial charge in [0.2, 0.25) is 5.91 Å². The first kappa shape index (κ1) is 21.1. The van der Waals surface area contributed by atoms with Gasteiger partial charge in [-0.05, 0) is 50.3 Å². The number of hydrogen-bond acceptors (Lipinski definition) is 6. The maximum atomic E-state index is 12.2. The highest BCUT2D eigenvalue weighted by Gasteiger charge is 2.15. The summed E-state index contributed by atoms with van der Waals surface area (Å²) in [5, 5.41) is 6.62. The van der Waals surface area contributed by atoms with Crippen LogP contribution in [0.25, 0.3) is 0 Å². The number of rotatable bonds is 9. The van der Waals surface area contributed by atoms with E-state index in [-0.39, 0.29) is 18.4 Å². The highest BCUT2D eigenvalue weighted by Crippen LogP contribution is 2.28. The molecule has 1 aliphatic carbocycles. The Morgan fingerprint density at radius 1 is 1.10 bits per heavy atom. The van der Waals surface area contributed by atoms with Crippen LogP contribution in [0.1, 0.15) is 45.2 Å². The molecule has 2 aromatic rings. The molecule has 1 aromatic heterocycles. The average molecular weight is 418 g/mol. The van der Waals surface area contributed by atoms with Gasteiger partial charge in [0.25, 0.3) is 5.91 Å². The number of carbonyl (C=O) groups excluding carboxylic acids is 2. The predicted octanol–water partition coefficient (Wildman–Crippen LogP) is 2.52. The number of hydrogen-bond donors (Lipinski definition) is 2. The quantitative estimate of drug-likeness (QED) is 0.612. The number of methoxy groups -OCH3 is 2. The summed E-state index contributed by atoms with van der Waals surface area (Å²) in [7, 11) is 3.04. The summed E-state index contributed by atoms with van der Waals surface area (Å²) in [6, 6.07) is 4.87. The molecule has 0 saturated carbocycles. The lowest BCUT2D eigenvalue weighted by molar-refractivity contribution is -0.120. The van der Waals surface area contributed by atoms with Gasteiger partial charge in [-0.2, -0.15) is 0 Å². The van der Waals surface area contributed by atoms with Gasteiger partial charge < -0.3 is 20.1 Å². The SMILES string of the molecule is COc1ccc(C(=O)NCC(=O)NCCCc2nc3c(s2)CCCC3)cc1OC. The van der Waals surface area contributed by atoms with E-state index in [1.165, 1.54) is 37.6 Å². The molecular formula is C21H27N3O4S. The molecule has 0 atom stereocenters. The van der Waals surface area contributed by atoms with Crippen LogP contribution in [-0.2, 0) is 24.1 Å². The molecule has 156 valence electrons. The largest absolute Gasteiger partial charge is 0.493 e. The van der Waals surface area contributed by atoms with E-state index in [4.69, 9.17) is 14.5 Å². The Labute approximate surface area is 174 Å². The van der Waals surface area contributed by atoms with E-state index in [0.717, 1.165) is 30.7 Å². The highest BCUT2D eigenvalue weighted by atomic mass is 32.1. The number of benzene rings is 1. The van der Waals surface area contributed by atoms with Crippen LogP contribution in [0.2, 0.25) is 0 Å². The number of aryl methyl sites for hydroxylation is 3. The molecule has 2 amide bonds. The number of thiazole rings is 1. The number of ether oxygens (including phenoxy) is 2. The molecule has 1 heterocycles. The van der Waals surface area contributed by atoms with Crippen molar-refractivity contribution in [3.63, 3.8) is 0 Å². The Bertz CT molecular complexity index is 842. The summed E-state index contributed by atoms with van der Waals surface area (Å²) >= 11 is 1.81. The molecule has 0 radical (unpaired) electrons. The first-order valence-electron chi connectivity index (χ1n) is 9.85. The van der Waals surface area contributed by atoms with Crippen molar-refractivity contribution in [3.8, 4) is 11.5 Å². The fourth-order valence-corrected chi connectivity index (χ4v) is 4.48. The number of nitrogens with zero attached hydrogens (tertiary/aromatic N) is 1. The zero-order chi connectivity index (χ0) is 20.6. The van der Waals surface area contributed by atoms with Crippen LogP contribution in [0.3, 0.4) is 0 Å². The number of amides is 2. The number of carbonyl (C=O) groups is 2. The molecule has 2 N–H and O–H groups in total. The lowest BCUT2D eigenvalue weighted by atomic mass is 10.0. The second-order valence-electron chi connectivity index (χ2n) is 6.89. The van der Waals surface area contributed by atoms with Crippen LogP contribution in [0, 0.1) is 0 Å². The normalized spacial score (nSPS) is 12.8. The average Bonchev–Trinajstić information content (AvgIpc) is 3.17. The van der Waals surface area contributed by atoms with E-state index in [1.807, 2.05) is 11.3 Å². The highest BCUT2D eigenvalue weighted by molar-refractivity contribution is 7.11. The summed E-state index contributed by atoms with van der Waals surface area (Å²) in [5.41, 5.74) is 1.68. The Kier molecular flexibility index (Phi) is 7.46. The molecule has 1 aromatic carbocycles. The first-order valence-corrected chi connectivity index (χ1v) is 10.7. The maximum absolute atomic E-state index is 12.2. The topological polar surface area (TPSA) is 89.5 Å². The molecule has 0 aliphatic heterocycles. The summed E-state index contributed by atoms with van der Waals surface area (Å²) in [5.74, 6) is 0.461. The van der Waals surface area contributed by atoms with Crippen molar-refractivity contribution in [2.24, 2.45) is 0 Å². The zero-order valence-electron chi connectivity index (χ0n) is 16.9. The molecule has 29 heavy (non-hydrogen) atoms. The molecule has 1 aliphatic rings. The fraction of sp³-hybridized carbons (Fsp3) is 0.476. The molecule has 0 bridgehead atoms. The fourth-order valence-electron chi connectivity index (χ4n) is 3.28. The van der Waals surface area contributed by atoms with Crippen molar-refractivity contribution in [2.75, 3.05) is 27.3 Å². The molecule has 0 fully saturated rings. The molecule has 0 saturated heterocycles. The van der Waals surface area contributed by atoms with Crippen LogP contribution < -0.4 is 20.1 Å². The molecule has 7 nitrogen and oxygen atoms in total. The van der Waals surface area contributed by atoms with Gasteiger partial charge in [-0.3, -0.25) is 9.59 Å². The van der Waals surface area contributed by atoms with Crippen LogP contribution in [0.15, 0.2) is 18.2 Å². The number of fused-ring (bicyclic) bond motifs is 1. The van der Waals surface area contributed by atoms with Crippen molar-refractivity contribution in [1.29, 1.82) is 0 Å². The van der Waals surface area contributed by atoms with Gasteiger partial charge in [0, 0.05) is 23.4 Å². The van der Waals surface area contributed by atoms with E-state index in [9.17, 15) is 9.59 Å². The second kappa shape index (κ2) is 10.2. The Morgan fingerprint density at radius 3 is 2.66 bits per heavy atom. The molecule has 0 spiro atoms. The van der Waals surface area contributed by atoms with Crippen molar-refractivity contribution >= 4 is 23.2 Å². The van der Waals surface area contributed by atoms with E-state index in [2.05, 4.69) is 10.6 Å². The molecule has 8 heteroatoms. The molecule has 0 unspecified atom stereocenters. The van der Waals surface area contributed by atoms with Crippen LogP contribution in [0.4, 0.5) is 0 Å². The smallest absolute Gasteiger partial charge is 0.251 e. The standard InChI is InChI=1S/C21H27N3O4S/c1-27-16-10-9-14(12-17(16)28-2)21(26)23-13-19(25)22-11-5-8-20-24-15-6-3-4-7-18(15)29-20/h9-10,12H,3-8,11,13H2,1-2H3,(H,22,25)(H,23,26). The Morgan fingerprint density at radius 2 is 1.90 bits per heavy atom. The van der Waals surface area contributed by atoms with Gasteiger partial charge in [0.05, 0.1) is 31.5 Å². The number of aromatic nitrogens is 1. The lowest BCUT2D eigenvalue weighted by Crippen LogP contribution is -2.37. The lowest BCUT2D eigenvalue weighted by Gasteiger charge is -2.10. The number of nitrogens with one attached hydrogen (secondary N) is 2. The van der Waals surface area contributed by atoms with Crippen LogP contribution in [-0.4, -0.2) is 44.1 Å². The van der Waals surface area contributed by atoms with Gasteiger partial charge in [-0.25, -0.2) is 4.98 Å². The van der Waals surface area contributed by atoms with Crippen molar-refractivity contribution in [1.82, 2.24) is 15.6 Å². The predicted molar refractivity (Wildman–Crippen MR) is 112 cm³/mol. The summed E-state index contributed by atoms with van der Waals surface area (Å²) in [6.45, 7) is 0.494. The van der Waals surface area contributed by atoms with Gasteiger partial charge in [-0.1, -0.05) is 0 Å². The van der Waals surface area contributed by atoms with Gasteiger partial charge in [0.1, 0.15) is 0 Å². The third-order valence-corrected chi connectivity index (χ3v) is 6.05. The Hall–Kier alpha value is -2.61. The van der Waals surface area contributed by atoms with Gasteiger partial charge in [-0.15, -0.1) is 11.3 Å². The van der Waals surface area contributed by atoms with Gasteiger partial charge in [0.15, 0.2) is 11.5 Å². The van der Waals surface area contributed by atoms with E-state index in [0.29, 0.717) is 23.6 Å². The second-order valence-corrected chi connectivity index (χ2v) is 8.06. The van der Waals surface area contributed by atoms with Crippen LogP contribution >= 0.6 is 11.3 Å². The monoisotopic (exact) mass is 417 g/mol. The third-order valence-electron chi connectivity index (χ3n) is 4.83. The van der Waals surface area contributed by atoms with Crippen LogP contribution in [0.5, 0.6) is 11.5 Å². The molecular weight excluding hydrogens is 390 g/mol. The summed E-state index contributed by atoms with van der Waals surface area (Å²) in [6.07, 6.45) is 6.46. The third kappa shape index (κ3) is 5.69. The molecule has 3 rings (SSSR count). The zero-order valence-corrected chi connectivity index (χ0v) is 17.7. The van der Waals surface area contributed by atoms with Crippen molar-refractivity contribution in [2.45, 2.75) is 38.5 Å². The first-order chi connectivity index (χ1) is 14.1. The Balaban J connectivity index is 1.37. The summed E-state index contributed by atoms with van der Waals surface area (Å²) < 4.78 is 10.3. The minimum atomic E-state index is -0.338. The minimum Gasteiger partial charge on any atom is -0.493 e. The van der Waals surface area contributed by atoms with Crippen molar-refractivity contribution < 1.29 is 19.1 Å². The van der Waals surface area contributed by atoms with Crippen molar-refractivity contribution in [3.05, 3.63) is 39.3 Å². The van der Waals surface area contributed by atoms with E-state index >= 15 is 0 Å². The van der Waals surface area contributed by atoms with Gasteiger partial charge >= 0.3 is 0 Å². The summed E-state index contributed by atoms with van der Waals surface area (Å²) in [4.78, 5) is 30.4.